The number of carboxylic acid groups (broad SMARTS) is 1. The lowest BCUT2D eigenvalue weighted by Crippen LogP contribution is -2.47. The molecular weight excluding hydrogens is 208 g/mol. The Morgan fingerprint density at radius 3 is 2.75 bits per heavy atom. The lowest BCUT2D eigenvalue weighted by atomic mass is 9.97. The second-order valence-corrected chi connectivity index (χ2v) is 4.41. The maximum atomic E-state index is 11.8. The molecule has 16 heavy (non-hydrogen) atoms. The van der Waals surface area contributed by atoms with E-state index in [1.54, 1.807) is 6.92 Å². The first-order valence-electron chi connectivity index (χ1n) is 5.76. The second kappa shape index (κ2) is 5.84. The van der Waals surface area contributed by atoms with Gasteiger partial charge in [0, 0.05) is 6.54 Å². The van der Waals surface area contributed by atoms with Crippen LogP contribution in [0.3, 0.4) is 0 Å². The Morgan fingerprint density at radius 1 is 1.56 bits per heavy atom. The molecule has 1 aliphatic rings. The first kappa shape index (κ1) is 13.0. The van der Waals surface area contributed by atoms with Gasteiger partial charge in [0.05, 0.1) is 5.92 Å². The molecule has 0 bridgehead atoms. The van der Waals surface area contributed by atoms with Crippen LogP contribution in [0, 0.1) is 5.92 Å². The van der Waals surface area contributed by atoms with Crippen molar-refractivity contribution < 1.29 is 14.7 Å². The molecule has 0 radical (unpaired) electrons. The first-order chi connectivity index (χ1) is 7.54. The summed E-state index contributed by atoms with van der Waals surface area (Å²) in [6.07, 6.45) is 2.27. The molecule has 1 rings (SSSR count). The summed E-state index contributed by atoms with van der Waals surface area (Å²) < 4.78 is 0. The number of piperidine rings is 1. The van der Waals surface area contributed by atoms with E-state index in [9.17, 15) is 9.59 Å². The summed E-state index contributed by atoms with van der Waals surface area (Å²) in [6, 6.07) is -0.750. The minimum absolute atomic E-state index is 0.0628. The summed E-state index contributed by atoms with van der Waals surface area (Å²) in [6.45, 7) is 3.49. The Balaban J connectivity index is 2.47. The van der Waals surface area contributed by atoms with Gasteiger partial charge in [-0.1, -0.05) is 6.92 Å². The van der Waals surface area contributed by atoms with Crippen LogP contribution in [0.1, 0.15) is 26.2 Å². The van der Waals surface area contributed by atoms with Gasteiger partial charge in [-0.3, -0.25) is 4.79 Å². The van der Waals surface area contributed by atoms with Gasteiger partial charge >= 0.3 is 5.97 Å². The van der Waals surface area contributed by atoms with E-state index in [0.29, 0.717) is 6.42 Å². The van der Waals surface area contributed by atoms with Crippen molar-refractivity contribution in [3.05, 3.63) is 0 Å². The number of aliphatic carboxylic acids is 1. The zero-order chi connectivity index (χ0) is 12.1. The molecule has 5 heteroatoms. The highest BCUT2D eigenvalue weighted by molar-refractivity contribution is 5.85. The number of likely N-dealkylation sites (tertiary alicyclic amines) is 1. The molecule has 1 fully saturated rings. The van der Waals surface area contributed by atoms with Gasteiger partial charge in [-0.2, -0.15) is 0 Å². The summed E-state index contributed by atoms with van der Waals surface area (Å²) >= 11 is 0. The molecule has 1 aliphatic heterocycles. The van der Waals surface area contributed by atoms with Gasteiger partial charge in [0.15, 0.2) is 0 Å². The molecule has 2 N–H and O–H groups in total. The van der Waals surface area contributed by atoms with E-state index in [1.807, 2.05) is 7.05 Å². The molecule has 0 aliphatic carbocycles. The number of nitrogens with zero attached hydrogens (tertiary/aromatic N) is 1. The van der Waals surface area contributed by atoms with E-state index < -0.39 is 12.0 Å². The SMILES string of the molecule is CCC(NC(=O)C1CCCN(C)C1)C(=O)O. The van der Waals surface area contributed by atoms with Gasteiger partial charge in [0.1, 0.15) is 6.04 Å². The Kier molecular flexibility index (Phi) is 4.73. The predicted octanol–water partition coefficient (Wildman–Crippen LogP) is 0.308. The average molecular weight is 228 g/mol. The van der Waals surface area contributed by atoms with Gasteiger partial charge in [-0.05, 0) is 32.9 Å². The predicted molar refractivity (Wildman–Crippen MR) is 60.1 cm³/mol. The summed E-state index contributed by atoms with van der Waals surface area (Å²) in [4.78, 5) is 24.7. The zero-order valence-electron chi connectivity index (χ0n) is 9.90. The molecule has 1 amide bonds. The quantitative estimate of drug-likeness (QED) is 0.726. The highest BCUT2D eigenvalue weighted by Crippen LogP contribution is 2.15. The molecule has 0 spiro atoms. The summed E-state index contributed by atoms with van der Waals surface area (Å²) in [5, 5.41) is 11.4. The van der Waals surface area contributed by atoms with Gasteiger partial charge in [-0.25, -0.2) is 4.79 Å². The number of carbonyl (C=O) groups is 2. The largest absolute Gasteiger partial charge is 0.480 e. The maximum absolute atomic E-state index is 11.8. The molecular formula is C11H20N2O3. The van der Waals surface area contributed by atoms with Crippen LogP contribution in [0.4, 0.5) is 0 Å². The van der Waals surface area contributed by atoms with E-state index in [1.165, 1.54) is 0 Å². The summed E-state index contributed by atoms with van der Waals surface area (Å²) in [5.74, 6) is -1.15. The molecule has 2 atom stereocenters. The minimum Gasteiger partial charge on any atom is -0.480 e. The number of hydrogen-bond donors (Lipinski definition) is 2. The number of rotatable bonds is 4. The smallest absolute Gasteiger partial charge is 0.326 e. The van der Waals surface area contributed by atoms with E-state index in [0.717, 1.165) is 25.9 Å². The fourth-order valence-electron chi connectivity index (χ4n) is 2.01. The van der Waals surface area contributed by atoms with Crippen LogP contribution in [0.15, 0.2) is 0 Å². The van der Waals surface area contributed by atoms with Crippen LogP contribution >= 0.6 is 0 Å². The molecule has 92 valence electrons. The molecule has 0 aromatic carbocycles. The lowest BCUT2D eigenvalue weighted by molar-refractivity contribution is -0.142. The lowest BCUT2D eigenvalue weighted by Gasteiger charge is -2.29. The van der Waals surface area contributed by atoms with Gasteiger partial charge in [-0.15, -0.1) is 0 Å². The summed E-state index contributed by atoms with van der Waals surface area (Å²) in [5.41, 5.74) is 0. The fourth-order valence-corrected chi connectivity index (χ4v) is 2.01. The van der Waals surface area contributed by atoms with Gasteiger partial charge < -0.3 is 15.3 Å². The topological polar surface area (TPSA) is 69.6 Å². The molecule has 0 aromatic heterocycles. The van der Waals surface area contributed by atoms with Crippen LogP contribution in [-0.4, -0.2) is 48.1 Å². The van der Waals surface area contributed by atoms with Crippen molar-refractivity contribution in [1.82, 2.24) is 10.2 Å². The van der Waals surface area contributed by atoms with Crippen LogP contribution in [0.5, 0.6) is 0 Å². The third-order valence-corrected chi connectivity index (χ3v) is 3.02. The van der Waals surface area contributed by atoms with Crippen molar-refractivity contribution in [2.24, 2.45) is 5.92 Å². The third kappa shape index (κ3) is 3.48. The van der Waals surface area contributed by atoms with Crippen molar-refractivity contribution in [3.8, 4) is 0 Å². The monoisotopic (exact) mass is 228 g/mol. The van der Waals surface area contributed by atoms with Crippen LogP contribution < -0.4 is 5.32 Å². The Morgan fingerprint density at radius 2 is 2.25 bits per heavy atom. The number of carbonyl (C=O) groups excluding carboxylic acids is 1. The fraction of sp³-hybridized carbons (Fsp3) is 0.818. The number of hydrogen-bond acceptors (Lipinski definition) is 3. The van der Waals surface area contributed by atoms with Crippen molar-refractivity contribution in [2.45, 2.75) is 32.2 Å². The van der Waals surface area contributed by atoms with Gasteiger partial charge in [0.25, 0.3) is 0 Å². The normalized spacial score (nSPS) is 23.8. The third-order valence-electron chi connectivity index (χ3n) is 3.02. The molecule has 0 aromatic rings. The highest BCUT2D eigenvalue weighted by atomic mass is 16.4. The second-order valence-electron chi connectivity index (χ2n) is 4.41. The Hall–Kier alpha value is -1.10. The number of carboxylic acids is 1. The Labute approximate surface area is 95.8 Å². The van der Waals surface area contributed by atoms with Crippen molar-refractivity contribution in [1.29, 1.82) is 0 Å². The van der Waals surface area contributed by atoms with E-state index in [-0.39, 0.29) is 11.8 Å². The maximum Gasteiger partial charge on any atom is 0.326 e. The van der Waals surface area contributed by atoms with Crippen LogP contribution in [0.2, 0.25) is 0 Å². The average Bonchev–Trinajstić information content (AvgIpc) is 2.25. The van der Waals surface area contributed by atoms with Crippen LogP contribution in [-0.2, 0) is 9.59 Å². The Bertz CT molecular complexity index is 268. The standard InChI is InChI=1S/C11H20N2O3/c1-3-9(11(15)16)12-10(14)8-5-4-6-13(2)7-8/h8-9H,3-7H2,1-2H3,(H,12,14)(H,15,16). The van der Waals surface area contributed by atoms with Crippen LogP contribution in [0.25, 0.3) is 0 Å². The van der Waals surface area contributed by atoms with Crippen molar-refractivity contribution in [2.75, 3.05) is 20.1 Å². The van der Waals surface area contributed by atoms with Crippen molar-refractivity contribution in [3.63, 3.8) is 0 Å². The van der Waals surface area contributed by atoms with Crippen molar-refractivity contribution >= 4 is 11.9 Å². The minimum atomic E-state index is -0.958. The summed E-state index contributed by atoms with van der Waals surface area (Å²) in [7, 11) is 1.98. The molecule has 0 saturated carbocycles. The number of nitrogens with one attached hydrogen (secondary N) is 1. The van der Waals surface area contributed by atoms with E-state index in [4.69, 9.17) is 5.11 Å². The molecule has 1 heterocycles. The van der Waals surface area contributed by atoms with Gasteiger partial charge in [0.2, 0.25) is 5.91 Å². The number of amides is 1. The zero-order valence-corrected chi connectivity index (χ0v) is 9.90. The molecule has 1 saturated heterocycles. The molecule has 2 unspecified atom stereocenters. The van der Waals surface area contributed by atoms with E-state index in [2.05, 4.69) is 10.2 Å². The first-order valence-corrected chi connectivity index (χ1v) is 5.76. The molecule has 5 nitrogen and oxygen atoms in total. The van der Waals surface area contributed by atoms with E-state index >= 15 is 0 Å². The highest BCUT2D eigenvalue weighted by Gasteiger charge is 2.27.